The lowest BCUT2D eigenvalue weighted by atomic mass is 10.2. The molecule has 1 aliphatic rings. The molecule has 0 bridgehead atoms. The lowest BCUT2D eigenvalue weighted by Crippen LogP contribution is -2.37. The summed E-state index contributed by atoms with van der Waals surface area (Å²) in [7, 11) is 0. The number of aryl methyl sites for hydroxylation is 1. The molecule has 3 heterocycles. The van der Waals surface area contributed by atoms with Gasteiger partial charge in [-0.2, -0.15) is 5.10 Å². The molecule has 0 amide bonds. The Morgan fingerprint density at radius 1 is 1.53 bits per heavy atom. The number of aromatic nitrogens is 3. The summed E-state index contributed by atoms with van der Waals surface area (Å²) in [6.45, 7) is 3.47. The van der Waals surface area contributed by atoms with Gasteiger partial charge in [-0.25, -0.2) is 0 Å². The zero-order chi connectivity index (χ0) is 13.2. The molecule has 2 atom stereocenters. The van der Waals surface area contributed by atoms with Crippen LogP contribution >= 0.6 is 0 Å². The molecule has 0 aliphatic carbocycles. The Hall–Kier alpha value is -1.86. The van der Waals surface area contributed by atoms with Crippen molar-refractivity contribution in [1.29, 1.82) is 0 Å². The van der Waals surface area contributed by atoms with E-state index in [4.69, 9.17) is 19.7 Å². The van der Waals surface area contributed by atoms with Gasteiger partial charge in [-0.3, -0.25) is 4.68 Å². The maximum atomic E-state index is 5.86. The van der Waals surface area contributed by atoms with Crippen molar-refractivity contribution in [2.45, 2.75) is 25.6 Å². The van der Waals surface area contributed by atoms with Gasteiger partial charge in [-0.15, -0.1) is 0 Å². The summed E-state index contributed by atoms with van der Waals surface area (Å²) in [5.74, 6) is 1.44. The van der Waals surface area contributed by atoms with Gasteiger partial charge in [0.1, 0.15) is 12.6 Å². The minimum atomic E-state index is -0.106. The minimum absolute atomic E-state index is 0.0831. The molecular formula is C12H16N4O3. The van der Waals surface area contributed by atoms with Crippen LogP contribution in [0.15, 0.2) is 23.0 Å². The van der Waals surface area contributed by atoms with E-state index in [0.717, 1.165) is 11.5 Å². The summed E-state index contributed by atoms with van der Waals surface area (Å²) in [5.41, 5.74) is 6.71. The van der Waals surface area contributed by atoms with Crippen LogP contribution in [0.2, 0.25) is 0 Å². The summed E-state index contributed by atoms with van der Waals surface area (Å²) in [6, 6.07) is 1.79. The molecule has 1 saturated heterocycles. The highest BCUT2D eigenvalue weighted by atomic mass is 16.5. The van der Waals surface area contributed by atoms with Gasteiger partial charge in [0.2, 0.25) is 0 Å². The van der Waals surface area contributed by atoms with E-state index in [2.05, 4.69) is 10.3 Å². The van der Waals surface area contributed by atoms with Gasteiger partial charge >= 0.3 is 0 Å². The Morgan fingerprint density at radius 3 is 3.11 bits per heavy atom. The van der Waals surface area contributed by atoms with E-state index in [0.29, 0.717) is 25.5 Å². The predicted octanol–water partition coefficient (Wildman–Crippen LogP) is 0.333. The number of rotatable bonds is 4. The fraction of sp³-hybridized carbons (Fsp3) is 0.500. The van der Waals surface area contributed by atoms with Crippen LogP contribution < -0.4 is 10.5 Å². The first-order valence-electron chi connectivity index (χ1n) is 6.15. The van der Waals surface area contributed by atoms with Crippen molar-refractivity contribution in [3.05, 3.63) is 29.9 Å². The van der Waals surface area contributed by atoms with Gasteiger partial charge in [-0.1, -0.05) is 5.16 Å². The van der Waals surface area contributed by atoms with E-state index >= 15 is 0 Å². The standard InChI is InChI=1S/C12H16N4O3/c1-8-2-9(19-15-8)4-16-5-10(3-14-16)18-12-7-17-6-11(12)13/h2-3,5,11-12H,4,6-7,13H2,1H3/t11-,12+/m0/s1. The van der Waals surface area contributed by atoms with Crippen molar-refractivity contribution in [2.24, 2.45) is 5.73 Å². The van der Waals surface area contributed by atoms with Crippen LogP contribution in [0.3, 0.4) is 0 Å². The quantitative estimate of drug-likeness (QED) is 0.856. The van der Waals surface area contributed by atoms with Gasteiger partial charge < -0.3 is 19.7 Å². The van der Waals surface area contributed by atoms with Crippen LogP contribution in [0, 0.1) is 6.92 Å². The first-order valence-corrected chi connectivity index (χ1v) is 6.15. The first kappa shape index (κ1) is 12.2. The van der Waals surface area contributed by atoms with Gasteiger partial charge in [0.25, 0.3) is 0 Å². The third kappa shape index (κ3) is 2.77. The summed E-state index contributed by atoms with van der Waals surface area (Å²) in [5, 5.41) is 8.04. The molecule has 0 saturated carbocycles. The Balaban J connectivity index is 1.63. The van der Waals surface area contributed by atoms with E-state index < -0.39 is 0 Å². The van der Waals surface area contributed by atoms with Gasteiger partial charge in [0, 0.05) is 6.07 Å². The Labute approximate surface area is 110 Å². The molecule has 0 aromatic carbocycles. The Kier molecular flexibility index (Phi) is 3.22. The molecule has 2 aromatic heterocycles. The van der Waals surface area contributed by atoms with Crippen molar-refractivity contribution in [3.63, 3.8) is 0 Å². The highest BCUT2D eigenvalue weighted by molar-refractivity contribution is 5.14. The number of hydrogen-bond donors (Lipinski definition) is 1. The van der Waals surface area contributed by atoms with E-state index in [1.807, 2.05) is 19.2 Å². The third-order valence-corrected chi connectivity index (χ3v) is 2.96. The van der Waals surface area contributed by atoms with Gasteiger partial charge in [0.05, 0.1) is 37.3 Å². The summed E-state index contributed by atoms with van der Waals surface area (Å²) in [4.78, 5) is 0. The van der Waals surface area contributed by atoms with Crippen molar-refractivity contribution >= 4 is 0 Å². The molecule has 1 aliphatic heterocycles. The van der Waals surface area contributed by atoms with Crippen molar-refractivity contribution < 1.29 is 14.0 Å². The summed E-state index contributed by atoms with van der Waals surface area (Å²) < 4.78 is 17.8. The largest absolute Gasteiger partial charge is 0.483 e. The molecule has 1 fully saturated rings. The Bertz CT molecular complexity index is 551. The smallest absolute Gasteiger partial charge is 0.158 e. The van der Waals surface area contributed by atoms with E-state index in [1.165, 1.54) is 0 Å². The maximum Gasteiger partial charge on any atom is 0.158 e. The number of ether oxygens (including phenoxy) is 2. The highest BCUT2D eigenvalue weighted by Gasteiger charge is 2.26. The molecule has 19 heavy (non-hydrogen) atoms. The average molecular weight is 264 g/mol. The van der Waals surface area contributed by atoms with Crippen molar-refractivity contribution in [2.75, 3.05) is 13.2 Å². The van der Waals surface area contributed by atoms with Crippen molar-refractivity contribution in [3.8, 4) is 5.75 Å². The first-order chi connectivity index (χ1) is 9.20. The van der Waals surface area contributed by atoms with Crippen molar-refractivity contribution in [1.82, 2.24) is 14.9 Å². The monoisotopic (exact) mass is 264 g/mol. The zero-order valence-corrected chi connectivity index (χ0v) is 10.7. The highest BCUT2D eigenvalue weighted by Crippen LogP contribution is 2.16. The molecule has 0 spiro atoms. The molecular weight excluding hydrogens is 248 g/mol. The number of nitrogens with zero attached hydrogens (tertiary/aromatic N) is 3. The molecule has 0 unspecified atom stereocenters. The van der Waals surface area contributed by atoms with Crippen LogP contribution in [0.1, 0.15) is 11.5 Å². The zero-order valence-electron chi connectivity index (χ0n) is 10.7. The average Bonchev–Trinajstić information content (AvgIpc) is 3.06. The molecule has 3 rings (SSSR count). The maximum absolute atomic E-state index is 5.86. The second-order valence-corrected chi connectivity index (χ2v) is 4.67. The van der Waals surface area contributed by atoms with Crippen LogP contribution in [-0.4, -0.2) is 40.3 Å². The summed E-state index contributed by atoms with van der Waals surface area (Å²) in [6.07, 6.45) is 3.36. The van der Waals surface area contributed by atoms with Gasteiger partial charge in [-0.05, 0) is 6.92 Å². The second-order valence-electron chi connectivity index (χ2n) is 4.67. The molecule has 2 aromatic rings. The van der Waals surface area contributed by atoms with Gasteiger partial charge in [0.15, 0.2) is 11.5 Å². The SMILES string of the molecule is Cc1cc(Cn2cc(O[C@@H]3COC[C@@H]3N)cn2)on1. The molecule has 102 valence electrons. The molecule has 7 nitrogen and oxygen atoms in total. The fourth-order valence-corrected chi connectivity index (χ4v) is 1.99. The summed E-state index contributed by atoms with van der Waals surface area (Å²) >= 11 is 0. The third-order valence-electron chi connectivity index (χ3n) is 2.96. The van der Waals surface area contributed by atoms with E-state index in [-0.39, 0.29) is 12.1 Å². The topological polar surface area (TPSA) is 88.3 Å². The minimum Gasteiger partial charge on any atom is -0.483 e. The predicted molar refractivity (Wildman–Crippen MR) is 65.8 cm³/mol. The molecule has 7 heteroatoms. The van der Waals surface area contributed by atoms with Crippen LogP contribution in [0.5, 0.6) is 5.75 Å². The lowest BCUT2D eigenvalue weighted by molar-refractivity contribution is 0.140. The van der Waals surface area contributed by atoms with Crippen LogP contribution in [0.4, 0.5) is 0 Å². The van der Waals surface area contributed by atoms with E-state index in [9.17, 15) is 0 Å². The second kappa shape index (κ2) is 5.02. The molecule has 0 radical (unpaired) electrons. The number of hydrogen-bond acceptors (Lipinski definition) is 6. The molecule has 2 N–H and O–H groups in total. The number of nitrogens with two attached hydrogens (primary N) is 1. The normalized spacial score (nSPS) is 22.8. The Morgan fingerprint density at radius 2 is 2.42 bits per heavy atom. The van der Waals surface area contributed by atoms with Crippen LogP contribution in [0.25, 0.3) is 0 Å². The lowest BCUT2D eigenvalue weighted by Gasteiger charge is -2.13. The van der Waals surface area contributed by atoms with Crippen LogP contribution in [-0.2, 0) is 11.3 Å². The van der Waals surface area contributed by atoms with E-state index in [1.54, 1.807) is 10.9 Å². The fourth-order valence-electron chi connectivity index (χ4n) is 1.99.